The van der Waals surface area contributed by atoms with E-state index < -0.39 is 18.6 Å². The van der Waals surface area contributed by atoms with E-state index in [2.05, 4.69) is 10.2 Å². The Labute approximate surface area is 111 Å². The molecule has 1 N–H and O–H groups in total. The number of aromatic nitrogens is 3. The van der Waals surface area contributed by atoms with Gasteiger partial charge in [0.2, 0.25) is 5.91 Å². The molecule has 0 aliphatic carbocycles. The number of ether oxygens (including phenoxy) is 1. The van der Waals surface area contributed by atoms with Gasteiger partial charge < -0.3 is 14.6 Å². The summed E-state index contributed by atoms with van der Waals surface area (Å²) in [6.45, 7) is -0.370. The minimum atomic E-state index is -4.40. The first-order valence-corrected chi connectivity index (χ1v) is 6.24. The summed E-state index contributed by atoms with van der Waals surface area (Å²) in [5.41, 5.74) is 0. The molecule has 1 aromatic rings. The van der Waals surface area contributed by atoms with E-state index in [1.54, 1.807) is 17.0 Å². The number of alkyl halides is 3. The summed E-state index contributed by atoms with van der Waals surface area (Å²) in [5, 5.41) is 9.67. The molecule has 0 unspecified atom stereocenters. The number of thioether (sulfide) groups is 1. The topological polar surface area (TPSA) is 69.0 Å². The number of carbonyl (C=O) groups is 1. The van der Waals surface area contributed by atoms with Crippen LogP contribution in [0.15, 0.2) is 11.5 Å². The Morgan fingerprint density at radius 1 is 1.58 bits per heavy atom. The second-order valence-electron chi connectivity index (χ2n) is 3.48. The van der Waals surface area contributed by atoms with Crippen molar-refractivity contribution < 1.29 is 22.7 Å². The van der Waals surface area contributed by atoms with E-state index in [0.717, 1.165) is 11.8 Å². The minimum absolute atomic E-state index is 0.151. The fourth-order valence-corrected chi connectivity index (χ4v) is 1.85. The predicted molar refractivity (Wildman–Crippen MR) is 61.7 cm³/mol. The molecule has 0 radical (unpaired) electrons. The average molecular weight is 298 g/mol. The summed E-state index contributed by atoms with van der Waals surface area (Å²) in [4.78, 5) is 11.2. The lowest BCUT2D eigenvalue weighted by Crippen LogP contribution is -2.34. The summed E-state index contributed by atoms with van der Waals surface area (Å²) < 4.78 is 42.2. The molecule has 0 fully saturated rings. The van der Waals surface area contributed by atoms with Gasteiger partial charge in [-0.25, -0.2) is 0 Å². The molecular formula is C9H13F3N4O2S. The summed E-state index contributed by atoms with van der Waals surface area (Å²) in [7, 11) is 1.54. The lowest BCUT2D eigenvalue weighted by Gasteiger charge is -2.08. The molecule has 1 aromatic heterocycles. The van der Waals surface area contributed by atoms with Crippen molar-refractivity contribution in [3.63, 3.8) is 0 Å². The molecule has 0 aromatic carbocycles. The lowest BCUT2D eigenvalue weighted by molar-refractivity contribution is -0.136. The Morgan fingerprint density at radius 3 is 2.95 bits per heavy atom. The summed E-state index contributed by atoms with van der Waals surface area (Å²) >= 11 is 1.02. The first kappa shape index (κ1) is 15.8. The monoisotopic (exact) mass is 298 g/mol. The second-order valence-corrected chi connectivity index (χ2v) is 4.42. The number of nitrogens with zero attached hydrogens (tertiary/aromatic N) is 3. The Morgan fingerprint density at radius 2 is 2.32 bits per heavy atom. The van der Waals surface area contributed by atoms with E-state index in [9.17, 15) is 18.0 Å². The van der Waals surface area contributed by atoms with E-state index in [4.69, 9.17) is 4.74 Å². The quantitative estimate of drug-likeness (QED) is 0.750. The summed E-state index contributed by atoms with van der Waals surface area (Å²) in [5.74, 6) is -0.856. The van der Waals surface area contributed by atoms with Crippen molar-refractivity contribution in [2.75, 3.05) is 26.0 Å². The molecule has 1 amide bonds. The summed E-state index contributed by atoms with van der Waals surface area (Å²) in [6.07, 6.45) is -2.94. The molecule has 108 valence electrons. The molecule has 0 aliphatic rings. The van der Waals surface area contributed by atoms with Crippen LogP contribution in [0.5, 0.6) is 0 Å². The van der Waals surface area contributed by atoms with E-state index in [1.165, 1.54) is 6.33 Å². The van der Waals surface area contributed by atoms with Gasteiger partial charge in [-0.3, -0.25) is 4.79 Å². The van der Waals surface area contributed by atoms with Crippen molar-refractivity contribution in [3.05, 3.63) is 6.33 Å². The van der Waals surface area contributed by atoms with Crippen molar-refractivity contribution in [3.8, 4) is 0 Å². The predicted octanol–water partition coefficient (Wildman–Crippen LogP) is 0.695. The van der Waals surface area contributed by atoms with Gasteiger partial charge in [0.05, 0.1) is 12.4 Å². The molecule has 0 bridgehead atoms. The van der Waals surface area contributed by atoms with Crippen molar-refractivity contribution in [1.82, 2.24) is 20.1 Å². The van der Waals surface area contributed by atoms with Gasteiger partial charge in [0.15, 0.2) is 5.16 Å². The third-order valence-electron chi connectivity index (χ3n) is 1.93. The Balaban J connectivity index is 2.36. The van der Waals surface area contributed by atoms with Gasteiger partial charge in [-0.2, -0.15) is 13.2 Å². The number of carbonyl (C=O) groups excluding carboxylic acids is 1. The van der Waals surface area contributed by atoms with Gasteiger partial charge in [-0.1, -0.05) is 11.8 Å². The van der Waals surface area contributed by atoms with Crippen LogP contribution < -0.4 is 5.32 Å². The smallest absolute Gasteiger partial charge is 0.383 e. The van der Waals surface area contributed by atoms with Crippen molar-refractivity contribution >= 4 is 17.7 Å². The van der Waals surface area contributed by atoms with Gasteiger partial charge in [-0.15, -0.1) is 10.2 Å². The molecular weight excluding hydrogens is 285 g/mol. The third kappa shape index (κ3) is 6.43. The van der Waals surface area contributed by atoms with Crippen LogP contribution in [0.2, 0.25) is 0 Å². The number of methoxy groups -OCH3 is 1. The van der Waals surface area contributed by atoms with Crippen LogP contribution in [0.4, 0.5) is 13.2 Å². The molecule has 1 heterocycles. The van der Waals surface area contributed by atoms with Crippen LogP contribution in [0.3, 0.4) is 0 Å². The van der Waals surface area contributed by atoms with Crippen molar-refractivity contribution in [2.24, 2.45) is 0 Å². The molecule has 0 spiro atoms. The molecule has 0 saturated carbocycles. The van der Waals surface area contributed by atoms with E-state index in [1.807, 2.05) is 0 Å². The summed E-state index contributed by atoms with van der Waals surface area (Å²) in [6, 6.07) is 0. The maximum atomic E-state index is 11.9. The first-order chi connectivity index (χ1) is 8.92. The van der Waals surface area contributed by atoms with Gasteiger partial charge in [-0.05, 0) is 0 Å². The van der Waals surface area contributed by atoms with Gasteiger partial charge in [0.25, 0.3) is 0 Å². The highest BCUT2D eigenvalue weighted by Gasteiger charge is 2.27. The van der Waals surface area contributed by atoms with Crippen molar-refractivity contribution in [2.45, 2.75) is 17.9 Å². The van der Waals surface area contributed by atoms with Gasteiger partial charge >= 0.3 is 6.18 Å². The molecule has 0 atom stereocenters. The average Bonchev–Trinajstić information content (AvgIpc) is 2.77. The number of amides is 1. The highest BCUT2D eigenvalue weighted by atomic mass is 32.2. The normalized spacial score (nSPS) is 11.6. The fourth-order valence-electron chi connectivity index (χ4n) is 1.08. The van der Waals surface area contributed by atoms with Gasteiger partial charge in [0.1, 0.15) is 12.9 Å². The fraction of sp³-hybridized carbons (Fsp3) is 0.667. The molecule has 19 heavy (non-hydrogen) atoms. The molecule has 0 aliphatic heterocycles. The Hall–Kier alpha value is -1.29. The third-order valence-corrected chi connectivity index (χ3v) is 2.92. The standard InChI is InChI=1S/C9H13F3N4O2S/c1-18-3-2-16-6-14-15-8(16)19-4-7(17)13-5-9(10,11)12/h6H,2-5H2,1H3,(H,13,17). The van der Waals surface area contributed by atoms with E-state index in [0.29, 0.717) is 18.3 Å². The zero-order valence-corrected chi connectivity index (χ0v) is 10.9. The Kier molecular flexibility index (Phi) is 6.09. The SMILES string of the molecule is COCCn1cnnc1SCC(=O)NCC(F)(F)F. The van der Waals surface area contributed by atoms with Crippen LogP contribution in [0.1, 0.15) is 0 Å². The lowest BCUT2D eigenvalue weighted by atomic mass is 10.6. The van der Waals surface area contributed by atoms with E-state index in [-0.39, 0.29) is 5.75 Å². The molecule has 6 nitrogen and oxygen atoms in total. The second kappa shape index (κ2) is 7.34. The molecule has 0 saturated heterocycles. The maximum absolute atomic E-state index is 11.9. The highest BCUT2D eigenvalue weighted by molar-refractivity contribution is 7.99. The van der Waals surface area contributed by atoms with E-state index >= 15 is 0 Å². The van der Waals surface area contributed by atoms with Crippen LogP contribution in [0, 0.1) is 0 Å². The van der Waals surface area contributed by atoms with Crippen LogP contribution in [0.25, 0.3) is 0 Å². The molecule has 1 rings (SSSR count). The van der Waals surface area contributed by atoms with Crippen molar-refractivity contribution in [1.29, 1.82) is 0 Å². The number of hydrogen-bond acceptors (Lipinski definition) is 5. The zero-order valence-electron chi connectivity index (χ0n) is 10.1. The number of hydrogen-bond donors (Lipinski definition) is 1. The Bertz CT molecular complexity index is 410. The minimum Gasteiger partial charge on any atom is -0.383 e. The number of halogens is 3. The largest absolute Gasteiger partial charge is 0.405 e. The van der Waals surface area contributed by atoms with Gasteiger partial charge in [0, 0.05) is 13.7 Å². The number of nitrogens with one attached hydrogen (secondary N) is 1. The molecule has 10 heteroatoms. The van der Waals surface area contributed by atoms with Crippen LogP contribution in [-0.4, -0.2) is 52.9 Å². The first-order valence-electron chi connectivity index (χ1n) is 5.25. The van der Waals surface area contributed by atoms with Crippen LogP contribution >= 0.6 is 11.8 Å². The number of rotatable bonds is 7. The maximum Gasteiger partial charge on any atom is 0.405 e. The van der Waals surface area contributed by atoms with Crippen LogP contribution in [-0.2, 0) is 16.1 Å². The zero-order chi connectivity index (χ0) is 14.3. The highest BCUT2D eigenvalue weighted by Crippen LogP contribution is 2.15.